The first-order valence-electron chi connectivity index (χ1n) is 10.2. The lowest BCUT2D eigenvalue weighted by molar-refractivity contribution is -0.169. The van der Waals surface area contributed by atoms with Gasteiger partial charge in [-0.1, -0.05) is 12.1 Å². The highest BCUT2D eigenvalue weighted by Gasteiger charge is 2.40. The minimum atomic E-state index is -0.713. The number of anilines is 1. The van der Waals surface area contributed by atoms with E-state index in [1.165, 1.54) is 17.7 Å². The summed E-state index contributed by atoms with van der Waals surface area (Å²) in [5.74, 6) is -2.02. The maximum Gasteiger partial charge on any atom is 0.297 e. The van der Waals surface area contributed by atoms with Crippen LogP contribution >= 0.6 is 0 Å². The molecule has 0 radical (unpaired) electrons. The predicted octanol–water partition coefficient (Wildman–Crippen LogP) is 1.21. The fourth-order valence-electron chi connectivity index (χ4n) is 3.94. The number of amides is 1. The Kier molecular flexibility index (Phi) is 5.67. The van der Waals surface area contributed by atoms with E-state index in [1.54, 1.807) is 19.1 Å². The van der Waals surface area contributed by atoms with Gasteiger partial charge in [0.05, 0.1) is 13.2 Å². The number of benzene rings is 1. The van der Waals surface area contributed by atoms with E-state index < -0.39 is 23.0 Å². The van der Waals surface area contributed by atoms with Gasteiger partial charge >= 0.3 is 0 Å². The van der Waals surface area contributed by atoms with Crippen molar-refractivity contribution < 1.29 is 23.8 Å². The molecule has 0 bridgehead atoms. The second-order valence-corrected chi connectivity index (χ2v) is 7.83. The van der Waals surface area contributed by atoms with Crippen LogP contribution in [0.2, 0.25) is 0 Å². The smallest absolute Gasteiger partial charge is 0.297 e. The SMILES string of the molecule is Cc1cc(CNC(=O)c2nc(N3CCC4(CC3)OCCO4)n(C)c(=O)c2O)ccc1F. The zero-order chi connectivity index (χ0) is 22.2. The second kappa shape index (κ2) is 8.27. The molecule has 1 aromatic carbocycles. The van der Waals surface area contributed by atoms with Gasteiger partial charge in [0.15, 0.2) is 11.5 Å². The number of aromatic nitrogens is 2. The largest absolute Gasteiger partial charge is 0.501 e. The molecule has 10 heteroatoms. The fraction of sp³-hybridized carbons (Fsp3) is 0.476. The van der Waals surface area contributed by atoms with Gasteiger partial charge in [-0.3, -0.25) is 14.2 Å². The zero-order valence-corrected chi connectivity index (χ0v) is 17.5. The lowest BCUT2D eigenvalue weighted by Crippen LogP contribution is -2.47. The predicted molar refractivity (Wildman–Crippen MR) is 110 cm³/mol. The molecule has 1 amide bonds. The summed E-state index contributed by atoms with van der Waals surface area (Å²) in [5, 5.41) is 12.9. The number of hydrogen-bond acceptors (Lipinski definition) is 7. The van der Waals surface area contributed by atoms with E-state index in [0.29, 0.717) is 56.2 Å². The molecule has 4 rings (SSSR count). The lowest BCUT2D eigenvalue weighted by atomic mass is 10.0. The molecule has 3 heterocycles. The maximum absolute atomic E-state index is 13.4. The molecule has 2 aromatic rings. The molecule has 0 aliphatic carbocycles. The number of nitrogens with one attached hydrogen (secondary N) is 1. The summed E-state index contributed by atoms with van der Waals surface area (Å²) in [4.78, 5) is 31.4. The molecule has 2 saturated heterocycles. The van der Waals surface area contributed by atoms with E-state index in [2.05, 4.69) is 10.3 Å². The van der Waals surface area contributed by atoms with Crippen molar-refractivity contribution in [3.8, 4) is 5.75 Å². The van der Waals surface area contributed by atoms with Gasteiger partial charge in [-0.2, -0.15) is 0 Å². The molecule has 31 heavy (non-hydrogen) atoms. The summed E-state index contributed by atoms with van der Waals surface area (Å²) in [6, 6.07) is 4.50. The van der Waals surface area contributed by atoms with E-state index in [0.717, 1.165) is 0 Å². The summed E-state index contributed by atoms with van der Waals surface area (Å²) in [6.45, 7) is 3.92. The molecule has 1 aromatic heterocycles. The van der Waals surface area contributed by atoms with E-state index in [1.807, 2.05) is 4.90 Å². The molecule has 166 valence electrons. The van der Waals surface area contributed by atoms with Crippen LogP contribution in [0.1, 0.15) is 34.5 Å². The van der Waals surface area contributed by atoms with E-state index in [-0.39, 0.29) is 18.1 Å². The number of ether oxygens (including phenoxy) is 2. The number of nitrogens with zero attached hydrogens (tertiary/aromatic N) is 3. The highest BCUT2D eigenvalue weighted by atomic mass is 19.1. The van der Waals surface area contributed by atoms with Crippen LogP contribution < -0.4 is 15.8 Å². The Labute approximate surface area is 178 Å². The Morgan fingerprint density at radius 3 is 2.61 bits per heavy atom. The third kappa shape index (κ3) is 4.13. The number of aromatic hydroxyl groups is 1. The van der Waals surface area contributed by atoms with Crippen molar-refractivity contribution in [1.29, 1.82) is 0 Å². The van der Waals surface area contributed by atoms with Crippen molar-refractivity contribution in [2.45, 2.75) is 32.1 Å². The molecule has 2 aliphatic heterocycles. The van der Waals surface area contributed by atoms with Crippen molar-refractivity contribution in [3.63, 3.8) is 0 Å². The molecule has 1 spiro atoms. The minimum absolute atomic E-state index is 0.104. The second-order valence-electron chi connectivity index (χ2n) is 7.83. The topological polar surface area (TPSA) is 106 Å². The third-order valence-electron chi connectivity index (χ3n) is 5.76. The standard InChI is InChI=1S/C21H25FN4O5/c1-13-11-14(3-4-15(13)22)12-23-18(28)16-17(27)19(29)25(2)20(24-16)26-7-5-21(6-8-26)30-9-10-31-21/h3-4,11,27H,5-10,12H2,1-2H3,(H,23,28). The summed E-state index contributed by atoms with van der Waals surface area (Å²) in [7, 11) is 1.50. The average molecular weight is 432 g/mol. The molecule has 2 aliphatic rings. The number of halogens is 1. The van der Waals surface area contributed by atoms with Crippen molar-refractivity contribution in [1.82, 2.24) is 14.9 Å². The van der Waals surface area contributed by atoms with Gasteiger partial charge in [0.2, 0.25) is 11.7 Å². The van der Waals surface area contributed by atoms with Gasteiger partial charge in [-0.05, 0) is 24.1 Å². The van der Waals surface area contributed by atoms with Crippen molar-refractivity contribution in [2.75, 3.05) is 31.2 Å². The number of carbonyl (C=O) groups excluding carboxylic acids is 1. The van der Waals surface area contributed by atoms with Gasteiger partial charge in [0.25, 0.3) is 11.5 Å². The number of carbonyl (C=O) groups is 1. The average Bonchev–Trinajstić information content (AvgIpc) is 3.22. The molecular formula is C21H25FN4O5. The minimum Gasteiger partial charge on any atom is -0.501 e. The van der Waals surface area contributed by atoms with Gasteiger partial charge in [0, 0.05) is 39.5 Å². The van der Waals surface area contributed by atoms with Crippen LogP contribution in [-0.4, -0.2) is 52.7 Å². The summed E-state index contributed by atoms with van der Waals surface area (Å²) >= 11 is 0. The van der Waals surface area contributed by atoms with Crippen LogP contribution in [0.15, 0.2) is 23.0 Å². The van der Waals surface area contributed by atoms with Crippen LogP contribution in [-0.2, 0) is 23.1 Å². The first-order valence-corrected chi connectivity index (χ1v) is 10.2. The van der Waals surface area contributed by atoms with Crippen molar-refractivity contribution >= 4 is 11.9 Å². The Morgan fingerprint density at radius 2 is 1.97 bits per heavy atom. The van der Waals surface area contributed by atoms with Crippen LogP contribution in [0, 0.1) is 12.7 Å². The molecule has 0 atom stereocenters. The maximum atomic E-state index is 13.4. The van der Waals surface area contributed by atoms with Crippen LogP contribution in [0.25, 0.3) is 0 Å². The molecule has 0 saturated carbocycles. The molecule has 2 N–H and O–H groups in total. The van der Waals surface area contributed by atoms with Crippen molar-refractivity contribution in [2.24, 2.45) is 7.05 Å². The number of piperidine rings is 1. The summed E-state index contributed by atoms with van der Waals surface area (Å²) in [6.07, 6.45) is 1.21. The number of rotatable bonds is 4. The Balaban J connectivity index is 1.52. The molecule has 9 nitrogen and oxygen atoms in total. The molecule has 0 unspecified atom stereocenters. The highest BCUT2D eigenvalue weighted by Crippen LogP contribution is 2.32. The van der Waals surface area contributed by atoms with Gasteiger partial charge in [0.1, 0.15) is 5.82 Å². The van der Waals surface area contributed by atoms with Crippen LogP contribution in [0.3, 0.4) is 0 Å². The van der Waals surface area contributed by atoms with Gasteiger partial charge in [-0.15, -0.1) is 0 Å². The van der Waals surface area contributed by atoms with Gasteiger partial charge in [-0.25, -0.2) is 9.37 Å². The van der Waals surface area contributed by atoms with E-state index in [4.69, 9.17) is 9.47 Å². The van der Waals surface area contributed by atoms with E-state index >= 15 is 0 Å². The lowest BCUT2D eigenvalue weighted by Gasteiger charge is -2.38. The quantitative estimate of drug-likeness (QED) is 0.748. The summed E-state index contributed by atoms with van der Waals surface area (Å²) in [5.41, 5.74) is 0.0994. The first-order chi connectivity index (χ1) is 14.8. The summed E-state index contributed by atoms with van der Waals surface area (Å²) < 4.78 is 26.1. The Morgan fingerprint density at radius 1 is 1.29 bits per heavy atom. The highest BCUT2D eigenvalue weighted by molar-refractivity contribution is 5.95. The van der Waals surface area contributed by atoms with Crippen molar-refractivity contribution in [3.05, 3.63) is 51.2 Å². The fourth-order valence-corrected chi connectivity index (χ4v) is 3.94. The molecule has 2 fully saturated rings. The monoisotopic (exact) mass is 432 g/mol. The van der Waals surface area contributed by atoms with Crippen LogP contribution in [0.5, 0.6) is 5.75 Å². The first kappa shape index (κ1) is 21.3. The number of hydrogen-bond donors (Lipinski definition) is 2. The molecular weight excluding hydrogens is 407 g/mol. The Hall–Kier alpha value is -2.98. The van der Waals surface area contributed by atoms with E-state index in [9.17, 15) is 19.1 Å². The zero-order valence-electron chi connectivity index (χ0n) is 17.5. The van der Waals surface area contributed by atoms with Gasteiger partial charge < -0.3 is 24.8 Å². The number of aryl methyl sites for hydroxylation is 1. The third-order valence-corrected chi connectivity index (χ3v) is 5.76. The normalized spacial score (nSPS) is 17.8. The van der Waals surface area contributed by atoms with Crippen LogP contribution in [0.4, 0.5) is 10.3 Å². The Bertz CT molecular complexity index is 1050.